The summed E-state index contributed by atoms with van der Waals surface area (Å²) >= 11 is 0. The van der Waals surface area contributed by atoms with Gasteiger partial charge in [0.1, 0.15) is 12.4 Å². The number of ether oxygens (including phenoxy) is 2. The van der Waals surface area contributed by atoms with Crippen LogP contribution in [0.5, 0.6) is 11.5 Å². The number of benzene rings is 2. The lowest BCUT2D eigenvalue weighted by Gasteiger charge is -2.12. The molecule has 0 radical (unpaired) electrons. The van der Waals surface area contributed by atoms with Gasteiger partial charge >= 0.3 is 6.36 Å². The average molecular weight is 304 g/mol. The number of rotatable bonds is 4. The molecule has 7 heteroatoms. The first-order chi connectivity index (χ1) is 9.85. The second-order valence-electron chi connectivity index (χ2n) is 4.04. The molecule has 2 nitrogen and oxygen atoms in total. The Bertz CT molecular complexity index is 588. The van der Waals surface area contributed by atoms with Gasteiger partial charge in [-0.2, -0.15) is 0 Å². The van der Waals surface area contributed by atoms with Gasteiger partial charge in [0, 0.05) is 0 Å². The topological polar surface area (TPSA) is 18.5 Å². The molecule has 2 aromatic carbocycles. The third-order valence-corrected chi connectivity index (χ3v) is 2.42. The standard InChI is InChI=1S/C14H9F5O2/c15-11-6-9(8-20-10-4-2-1-3-5-10)7-12(16)13(11)21-14(17,18)19/h1-7H,8H2. The summed E-state index contributed by atoms with van der Waals surface area (Å²) in [7, 11) is 0. The molecule has 0 aliphatic carbocycles. The summed E-state index contributed by atoms with van der Waals surface area (Å²) in [5, 5.41) is 0. The summed E-state index contributed by atoms with van der Waals surface area (Å²) < 4.78 is 71.4. The number of alkyl halides is 3. The summed E-state index contributed by atoms with van der Waals surface area (Å²) in [5.74, 6) is -3.90. The quantitative estimate of drug-likeness (QED) is 0.777. The maximum atomic E-state index is 13.4. The lowest BCUT2D eigenvalue weighted by atomic mass is 10.2. The molecule has 0 atom stereocenters. The van der Waals surface area contributed by atoms with Crippen molar-refractivity contribution in [1.82, 2.24) is 0 Å². The van der Waals surface area contributed by atoms with Crippen molar-refractivity contribution in [2.24, 2.45) is 0 Å². The van der Waals surface area contributed by atoms with Crippen LogP contribution in [0.4, 0.5) is 22.0 Å². The van der Waals surface area contributed by atoms with Crippen LogP contribution in [-0.2, 0) is 6.61 Å². The van der Waals surface area contributed by atoms with E-state index in [9.17, 15) is 22.0 Å². The first-order valence-electron chi connectivity index (χ1n) is 5.76. The summed E-state index contributed by atoms with van der Waals surface area (Å²) in [6.45, 7) is -0.190. The van der Waals surface area contributed by atoms with Crippen molar-refractivity contribution in [1.29, 1.82) is 0 Å². The zero-order valence-electron chi connectivity index (χ0n) is 10.5. The lowest BCUT2D eigenvalue weighted by molar-refractivity contribution is -0.276. The highest BCUT2D eigenvalue weighted by Gasteiger charge is 2.34. The SMILES string of the molecule is Fc1cc(COc2ccccc2)cc(F)c1OC(F)(F)F. The van der Waals surface area contributed by atoms with E-state index in [1.165, 1.54) is 0 Å². The van der Waals surface area contributed by atoms with E-state index >= 15 is 0 Å². The Morgan fingerprint density at radius 1 is 0.905 bits per heavy atom. The molecule has 0 aliphatic heterocycles. The van der Waals surface area contributed by atoms with E-state index in [1.807, 2.05) is 0 Å². The minimum atomic E-state index is -5.16. The molecule has 0 spiro atoms. The van der Waals surface area contributed by atoms with Crippen LogP contribution in [0, 0.1) is 11.6 Å². The van der Waals surface area contributed by atoms with Crippen LogP contribution in [0.1, 0.15) is 5.56 Å². The molecule has 0 bridgehead atoms. The fraction of sp³-hybridized carbons (Fsp3) is 0.143. The van der Waals surface area contributed by atoms with Crippen LogP contribution in [0.15, 0.2) is 42.5 Å². The molecule has 0 unspecified atom stereocenters. The first kappa shape index (κ1) is 15.1. The first-order valence-corrected chi connectivity index (χ1v) is 5.76. The minimum absolute atomic E-state index is 0.0448. The van der Waals surface area contributed by atoms with Gasteiger partial charge in [0.15, 0.2) is 11.6 Å². The highest BCUT2D eigenvalue weighted by molar-refractivity contribution is 5.31. The van der Waals surface area contributed by atoms with Gasteiger partial charge in [-0.3, -0.25) is 0 Å². The Kier molecular flexibility index (Phi) is 4.30. The summed E-state index contributed by atoms with van der Waals surface area (Å²) in [6, 6.07) is 9.89. The van der Waals surface area contributed by atoms with E-state index in [4.69, 9.17) is 4.74 Å². The molecule has 0 saturated carbocycles. The van der Waals surface area contributed by atoms with Crippen LogP contribution in [-0.4, -0.2) is 6.36 Å². The van der Waals surface area contributed by atoms with Gasteiger partial charge in [0.25, 0.3) is 0 Å². The second kappa shape index (κ2) is 5.99. The zero-order chi connectivity index (χ0) is 15.5. The third kappa shape index (κ3) is 4.34. The predicted octanol–water partition coefficient (Wildman–Crippen LogP) is 4.44. The molecule has 0 heterocycles. The number of para-hydroxylation sites is 1. The van der Waals surface area contributed by atoms with Crippen LogP contribution >= 0.6 is 0 Å². The molecule has 0 fully saturated rings. The van der Waals surface area contributed by atoms with E-state index in [2.05, 4.69) is 4.74 Å². The monoisotopic (exact) mass is 304 g/mol. The lowest BCUT2D eigenvalue weighted by Crippen LogP contribution is -2.19. The summed E-state index contributed by atoms with van der Waals surface area (Å²) in [6.07, 6.45) is -5.16. The smallest absolute Gasteiger partial charge is 0.489 e. The molecule has 0 aliphatic rings. The van der Waals surface area contributed by atoms with Gasteiger partial charge in [-0.25, -0.2) is 8.78 Å². The van der Waals surface area contributed by atoms with E-state index in [0.717, 1.165) is 12.1 Å². The van der Waals surface area contributed by atoms with Crippen LogP contribution in [0.25, 0.3) is 0 Å². The maximum absolute atomic E-state index is 13.4. The van der Waals surface area contributed by atoms with E-state index in [-0.39, 0.29) is 12.2 Å². The second-order valence-corrected chi connectivity index (χ2v) is 4.04. The minimum Gasteiger partial charge on any atom is -0.489 e. The van der Waals surface area contributed by atoms with Crippen molar-refractivity contribution in [2.45, 2.75) is 13.0 Å². The molecular weight excluding hydrogens is 295 g/mol. The van der Waals surface area contributed by atoms with Crippen molar-refractivity contribution >= 4 is 0 Å². The van der Waals surface area contributed by atoms with E-state index in [0.29, 0.717) is 5.75 Å². The largest absolute Gasteiger partial charge is 0.573 e. The fourth-order valence-corrected chi connectivity index (χ4v) is 1.59. The fourth-order valence-electron chi connectivity index (χ4n) is 1.59. The van der Waals surface area contributed by atoms with Crippen LogP contribution < -0.4 is 9.47 Å². The molecule has 2 aromatic rings. The Labute approximate surface area is 116 Å². The van der Waals surface area contributed by atoms with Crippen molar-refractivity contribution in [3.8, 4) is 11.5 Å². The highest BCUT2D eigenvalue weighted by atomic mass is 19.4. The van der Waals surface area contributed by atoms with Crippen molar-refractivity contribution in [2.75, 3.05) is 0 Å². The van der Waals surface area contributed by atoms with E-state index in [1.54, 1.807) is 30.3 Å². The molecule has 21 heavy (non-hydrogen) atoms. The van der Waals surface area contributed by atoms with Gasteiger partial charge < -0.3 is 9.47 Å². The molecule has 0 N–H and O–H groups in total. The molecule has 0 saturated heterocycles. The Balaban J connectivity index is 2.12. The normalized spacial score (nSPS) is 11.3. The molecule has 0 amide bonds. The maximum Gasteiger partial charge on any atom is 0.573 e. The Hall–Kier alpha value is -2.31. The number of hydrogen-bond acceptors (Lipinski definition) is 2. The summed E-state index contributed by atoms with van der Waals surface area (Å²) in [5.41, 5.74) is 0.0448. The van der Waals surface area contributed by atoms with Crippen molar-refractivity contribution in [3.63, 3.8) is 0 Å². The average Bonchev–Trinajstić information content (AvgIpc) is 2.41. The van der Waals surface area contributed by atoms with Gasteiger partial charge in [-0.15, -0.1) is 13.2 Å². The third-order valence-electron chi connectivity index (χ3n) is 2.42. The van der Waals surface area contributed by atoms with Gasteiger partial charge in [0.05, 0.1) is 0 Å². The molecule has 2 rings (SSSR count). The molecule has 112 valence electrons. The number of hydrogen-bond donors (Lipinski definition) is 0. The van der Waals surface area contributed by atoms with Gasteiger partial charge in [-0.1, -0.05) is 18.2 Å². The van der Waals surface area contributed by atoms with Crippen LogP contribution in [0.2, 0.25) is 0 Å². The van der Waals surface area contributed by atoms with Crippen LogP contribution in [0.3, 0.4) is 0 Å². The van der Waals surface area contributed by atoms with Crippen molar-refractivity contribution in [3.05, 3.63) is 59.7 Å². The van der Waals surface area contributed by atoms with Gasteiger partial charge in [-0.05, 0) is 29.8 Å². The van der Waals surface area contributed by atoms with Gasteiger partial charge in [0.2, 0.25) is 5.75 Å². The summed E-state index contributed by atoms with van der Waals surface area (Å²) in [4.78, 5) is 0. The number of halogens is 5. The Morgan fingerprint density at radius 3 is 2.00 bits per heavy atom. The van der Waals surface area contributed by atoms with E-state index < -0.39 is 23.7 Å². The molecular formula is C14H9F5O2. The highest BCUT2D eigenvalue weighted by Crippen LogP contribution is 2.29. The zero-order valence-corrected chi connectivity index (χ0v) is 10.5. The molecule has 0 aromatic heterocycles. The van der Waals surface area contributed by atoms with Crippen molar-refractivity contribution < 1.29 is 31.4 Å². The predicted molar refractivity (Wildman–Crippen MR) is 63.8 cm³/mol. The Morgan fingerprint density at radius 2 is 1.48 bits per heavy atom.